The van der Waals surface area contributed by atoms with E-state index in [9.17, 15) is 9.59 Å². The number of esters is 1. The van der Waals surface area contributed by atoms with Gasteiger partial charge in [0, 0.05) is 12.8 Å². The molecule has 0 fully saturated rings. The van der Waals surface area contributed by atoms with E-state index in [0.29, 0.717) is 6.42 Å². The van der Waals surface area contributed by atoms with Crippen LogP contribution in [0.1, 0.15) is 232 Å². The van der Waals surface area contributed by atoms with Crippen LogP contribution in [0.25, 0.3) is 0 Å². The Balaban J connectivity index is 4.00. The lowest BCUT2D eigenvalue weighted by atomic mass is 10.0. The molecule has 0 saturated carbocycles. The maximum atomic E-state index is 12.6. The molecule has 0 rings (SSSR count). The van der Waals surface area contributed by atoms with E-state index in [1.54, 1.807) is 0 Å². The maximum absolute atomic E-state index is 12.6. The highest BCUT2D eigenvalue weighted by Crippen LogP contribution is 2.19. The van der Waals surface area contributed by atoms with Crippen molar-refractivity contribution >= 4 is 11.9 Å². The van der Waals surface area contributed by atoms with Crippen LogP contribution in [-0.2, 0) is 14.3 Å². The normalized spacial score (nSPS) is 12.0. The lowest BCUT2D eigenvalue weighted by Crippen LogP contribution is -2.18. The van der Waals surface area contributed by atoms with E-state index in [-0.39, 0.29) is 18.5 Å². The summed E-state index contributed by atoms with van der Waals surface area (Å²) in [5.41, 5.74) is 0. The van der Waals surface area contributed by atoms with E-state index in [0.717, 1.165) is 64.2 Å². The molecule has 0 amide bonds. The van der Waals surface area contributed by atoms with Crippen LogP contribution in [0.2, 0.25) is 0 Å². The van der Waals surface area contributed by atoms with Crippen LogP contribution in [-0.4, -0.2) is 23.1 Å². The zero-order valence-electron chi connectivity index (χ0n) is 29.3. The third kappa shape index (κ3) is 35.3. The molecule has 1 N–H and O–H groups in total. The molecule has 0 aromatic heterocycles. The molecule has 256 valence electrons. The molecular formula is C39H76O4. The molecule has 0 aromatic carbocycles. The van der Waals surface area contributed by atoms with Crippen molar-refractivity contribution in [2.75, 3.05) is 0 Å². The molecular weight excluding hydrogens is 532 g/mol. The molecule has 43 heavy (non-hydrogen) atoms. The third-order valence-corrected chi connectivity index (χ3v) is 9.08. The summed E-state index contributed by atoms with van der Waals surface area (Å²) in [7, 11) is 0. The summed E-state index contributed by atoms with van der Waals surface area (Å²) >= 11 is 0. The number of carboxylic acids is 1. The summed E-state index contributed by atoms with van der Waals surface area (Å²) in [6.45, 7) is 4.55. The van der Waals surface area contributed by atoms with Gasteiger partial charge in [-0.3, -0.25) is 9.59 Å². The fraction of sp³-hybridized carbons (Fsp3) is 0.949. The van der Waals surface area contributed by atoms with Gasteiger partial charge in [-0.25, -0.2) is 0 Å². The Labute approximate surface area is 269 Å². The van der Waals surface area contributed by atoms with E-state index in [2.05, 4.69) is 13.8 Å². The van der Waals surface area contributed by atoms with Crippen LogP contribution in [0, 0.1) is 0 Å². The number of ether oxygens (including phenoxy) is 1. The minimum atomic E-state index is -0.696. The Morgan fingerprint density at radius 2 is 0.698 bits per heavy atom. The van der Waals surface area contributed by atoms with Gasteiger partial charge in [-0.1, -0.05) is 181 Å². The van der Waals surface area contributed by atoms with Crippen molar-refractivity contribution in [2.45, 2.75) is 238 Å². The van der Waals surface area contributed by atoms with Gasteiger partial charge in [0.05, 0.1) is 0 Å². The van der Waals surface area contributed by atoms with E-state index in [1.807, 2.05) is 0 Å². The zero-order valence-corrected chi connectivity index (χ0v) is 29.3. The molecule has 0 aliphatic heterocycles. The summed E-state index contributed by atoms with van der Waals surface area (Å²) < 4.78 is 6.00. The number of aliphatic carboxylic acids is 1. The Bertz CT molecular complexity index is 576. The molecule has 0 saturated heterocycles. The average molecular weight is 609 g/mol. The van der Waals surface area contributed by atoms with Gasteiger partial charge >= 0.3 is 11.9 Å². The number of unbranched alkanes of at least 4 members (excludes halogenated alkanes) is 27. The quantitative estimate of drug-likeness (QED) is 0.0567. The molecule has 4 nitrogen and oxygen atoms in total. The minimum Gasteiger partial charge on any atom is -0.481 e. The molecule has 1 atom stereocenters. The van der Waals surface area contributed by atoms with Crippen LogP contribution in [0.4, 0.5) is 0 Å². The van der Waals surface area contributed by atoms with Gasteiger partial charge in [-0.15, -0.1) is 0 Å². The summed E-state index contributed by atoms with van der Waals surface area (Å²) in [6, 6.07) is 0. The Morgan fingerprint density at radius 1 is 0.419 bits per heavy atom. The number of carbonyl (C=O) groups excluding carboxylic acids is 1. The number of carboxylic acid groups (broad SMARTS) is 1. The topological polar surface area (TPSA) is 63.6 Å². The summed E-state index contributed by atoms with van der Waals surface area (Å²) in [5, 5.41) is 8.81. The van der Waals surface area contributed by atoms with Gasteiger partial charge in [0.2, 0.25) is 0 Å². The van der Waals surface area contributed by atoms with Crippen molar-refractivity contribution in [1.29, 1.82) is 0 Å². The second kappa shape index (κ2) is 35.4. The van der Waals surface area contributed by atoms with Crippen molar-refractivity contribution in [1.82, 2.24) is 0 Å². The highest BCUT2D eigenvalue weighted by atomic mass is 16.5. The second-order valence-corrected chi connectivity index (χ2v) is 13.5. The number of carbonyl (C=O) groups is 2. The first-order chi connectivity index (χ1) is 21.1. The van der Waals surface area contributed by atoms with Gasteiger partial charge in [0.15, 0.2) is 0 Å². The highest BCUT2D eigenvalue weighted by molar-refractivity contribution is 5.69. The highest BCUT2D eigenvalue weighted by Gasteiger charge is 2.14. The fourth-order valence-corrected chi connectivity index (χ4v) is 6.19. The molecule has 0 spiro atoms. The molecule has 0 aliphatic rings. The van der Waals surface area contributed by atoms with Crippen LogP contribution >= 0.6 is 0 Å². The smallest absolute Gasteiger partial charge is 0.306 e. The summed E-state index contributed by atoms with van der Waals surface area (Å²) in [6.07, 6.45) is 41.2. The predicted molar refractivity (Wildman–Crippen MR) is 186 cm³/mol. The Kier molecular flexibility index (Phi) is 34.5. The van der Waals surface area contributed by atoms with E-state index in [4.69, 9.17) is 9.84 Å². The third-order valence-electron chi connectivity index (χ3n) is 9.08. The van der Waals surface area contributed by atoms with E-state index >= 15 is 0 Å². The average Bonchev–Trinajstić information content (AvgIpc) is 2.99. The van der Waals surface area contributed by atoms with Crippen LogP contribution in [0.5, 0.6) is 0 Å². The molecule has 0 bridgehead atoms. The van der Waals surface area contributed by atoms with Gasteiger partial charge < -0.3 is 9.84 Å². The largest absolute Gasteiger partial charge is 0.481 e. The first-order valence-corrected chi connectivity index (χ1v) is 19.5. The number of rotatable bonds is 36. The molecule has 0 radical (unpaired) electrons. The van der Waals surface area contributed by atoms with Gasteiger partial charge in [-0.05, 0) is 38.5 Å². The number of hydrogen-bond donors (Lipinski definition) is 1. The maximum Gasteiger partial charge on any atom is 0.306 e. The first-order valence-electron chi connectivity index (χ1n) is 19.5. The van der Waals surface area contributed by atoms with E-state index in [1.165, 1.54) is 141 Å². The number of hydrogen-bond acceptors (Lipinski definition) is 3. The van der Waals surface area contributed by atoms with Crippen LogP contribution in [0.15, 0.2) is 0 Å². The lowest BCUT2D eigenvalue weighted by Gasteiger charge is -2.18. The zero-order chi connectivity index (χ0) is 31.5. The van der Waals surface area contributed by atoms with Crippen molar-refractivity contribution in [3.63, 3.8) is 0 Å². The van der Waals surface area contributed by atoms with Crippen molar-refractivity contribution in [2.24, 2.45) is 0 Å². The van der Waals surface area contributed by atoms with Gasteiger partial charge in [0.1, 0.15) is 6.10 Å². The van der Waals surface area contributed by atoms with Gasteiger partial charge in [0.25, 0.3) is 0 Å². The molecule has 0 aromatic rings. The fourth-order valence-electron chi connectivity index (χ4n) is 6.19. The SMILES string of the molecule is CCCCCCCCCCCCCCCCC(CCCCCCCC(=O)O)OC(=O)CCCCCCCCCCCCC. The summed E-state index contributed by atoms with van der Waals surface area (Å²) in [4.78, 5) is 23.3. The molecule has 4 heteroatoms. The van der Waals surface area contributed by atoms with Crippen molar-refractivity contribution in [3.05, 3.63) is 0 Å². The Hall–Kier alpha value is -1.06. The van der Waals surface area contributed by atoms with Crippen molar-refractivity contribution in [3.8, 4) is 0 Å². The van der Waals surface area contributed by atoms with Crippen molar-refractivity contribution < 1.29 is 19.4 Å². The van der Waals surface area contributed by atoms with E-state index < -0.39 is 5.97 Å². The van der Waals surface area contributed by atoms with Crippen LogP contribution in [0.3, 0.4) is 0 Å². The summed E-state index contributed by atoms with van der Waals surface area (Å²) in [5.74, 6) is -0.689. The standard InChI is InChI=1S/C39H76O4/c1-3-5-7-9-11-13-15-16-17-19-20-22-25-29-33-37(34-30-26-24-27-31-35-38(40)41)43-39(42)36-32-28-23-21-18-14-12-10-8-6-4-2/h37H,3-36H2,1-2H3,(H,40,41). The first kappa shape index (κ1) is 41.9. The molecule has 0 aliphatic carbocycles. The monoisotopic (exact) mass is 609 g/mol. The molecule has 1 unspecified atom stereocenters. The predicted octanol–water partition coefficient (Wildman–Crippen LogP) is 13.3. The van der Waals surface area contributed by atoms with Gasteiger partial charge in [-0.2, -0.15) is 0 Å². The van der Waals surface area contributed by atoms with Crippen LogP contribution < -0.4 is 0 Å². The molecule has 0 heterocycles. The minimum absolute atomic E-state index is 0.00717. The second-order valence-electron chi connectivity index (χ2n) is 13.5. The Morgan fingerprint density at radius 3 is 1.02 bits per heavy atom. The lowest BCUT2D eigenvalue weighted by molar-refractivity contribution is -0.150.